The maximum Gasteiger partial charge on any atom is 0.275 e. The van der Waals surface area contributed by atoms with Crippen molar-refractivity contribution in [1.29, 1.82) is 0 Å². The lowest BCUT2D eigenvalue weighted by Gasteiger charge is -2.30. The SMILES string of the molecule is O=C(Nc1cc(F)ccc1N1CCCCC1)c1csc(-c2ccco2)n1. The number of anilines is 2. The van der Waals surface area contributed by atoms with Gasteiger partial charge in [0.25, 0.3) is 5.91 Å². The summed E-state index contributed by atoms with van der Waals surface area (Å²) in [6.07, 6.45) is 4.97. The Hall–Kier alpha value is -2.67. The van der Waals surface area contributed by atoms with Crippen LogP contribution in [0.3, 0.4) is 0 Å². The van der Waals surface area contributed by atoms with Crippen molar-refractivity contribution in [2.24, 2.45) is 0 Å². The van der Waals surface area contributed by atoms with E-state index in [9.17, 15) is 9.18 Å². The Morgan fingerprint density at radius 3 is 2.85 bits per heavy atom. The molecule has 26 heavy (non-hydrogen) atoms. The van der Waals surface area contributed by atoms with Crippen molar-refractivity contribution in [2.75, 3.05) is 23.3 Å². The van der Waals surface area contributed by atoms with Gasteiger partial charge in [-0.15, -0.1) is 11.3 Å². The molecule has 0 spiro atoms. The van der Waals surface area contributed by atoms with Crippen molar-refractivity contribution in [1.82, 2.24) is 4.98 Å². The standard InChI is InChI=1S/C19H18FN3O2S/c20-13-6-7-16(23-8-2-1-3-9-23)14(11-13)21-18(24)15-12-26-19(22-15)17-5-4-10-25-17/h4-7,10-12H,1-3,8-9H2,(H,21,24). The van der Waals surface area contributed by atoms with E-state index in [-0.39, 0.29) is 17.4 Å². The van der Waals surface area contributed by atoms with Gasteiger partial charge in [0, 0.05) is 18.5 Å². The van der Waals surface area contributed by atoms with E-state index in [1.165, 1.54) is 29.9 Å². The van der Waals surface area contributed by atoms with Crippen LogP contribution < -0.4 is 10.2 Å². The third kappa shape index (κ3) is 3.48. The van der Waals surface area contributed by atoms with E-state index in [0.717, 1.165) is 31.6 Å². The molecule has 1 saturated heterocycles. The highest BCUT2D eigenvalue weighted by molar-refractivity contribution is 7.13. The Labute approximate surface area is 154 Å². The van der Waals surface area contributed by atoms with Crippen LogP contribution in [0, 0.1) is 5.82 Å². The summed E-state index contributed by atoms with van der Waals surface area (Å²) >= 11 is 1.33. The quantitative estimate of drug-likeness (QED) is 0.717. The lowest BCUT2D eigenvalue weighted by molar-refractivity contribution is 0.102. The fraction of sp³-hybridized carbons (Fsp3) is 0.263. The van der Waals surface area contributed by atoms with Crippen LogP contribution in [0.25, 0.3) is 10.8 Å². The number of hydrogen-bond acceptors (Lipinski definition) is 5. The number of nitrogens with one attached hydrogen (secondary N) is 1. The zero-order valence-electron chi connectivity index (χ0n) is 14.1. The summed E-state index contributed by atoms with van der Waals surface area (Å²) in [6.45, 7) is 1.82. The van der Waals surface area contributed by atoms with Gasteiger partial charge in [0.15, 0.2) is 10.8 Å². The second kappa shape index (κ2) is 7.29. The Morgan fingerprint density at radius 2 is 2.08 bits per heavy atom. The Bertz CT molecular complexity index is 901. The molecular formula is C19H18FN3O2S. The van der Waals surface area contributed by atoms with Crippen molar-refractivity contribution in [3.8, 4) is 10.8 Å². The minimum Gasteiger partial charge on any atom is -0.462 e. The molecule has 0 aliphatic carbocycles. The zero-order chi connectivity index (χ0) is 17.9. The van der Waals surface area contributed by atoms with E-state index in [0.29, 0.717) is 16.5 Å². The molecule has 5 nitrogen and oxygen atoms in total. The summed E-state index contributed by atoms with van der Waals surface area (Å²) in [5.74, 6) is -0.118. The van der Waals surface area contributed by atoms with E-state index in [2.05, 4.69) is 15.2 Å². The molecule has 3 heterocycles. The van der Waals surface area contributed by atoms with E-state index in [1.54, 1.807) is 29.8 Å². The molecule has 1 aromatic carbocycles. The number of hydrogen-bond donors (Lipinski definition) is 1. The highest BCUT2D eigenvalue weighted by atomic mass is 32.1. The maximum atomic E-state index is 13.8. The summed E-state index contributed by atoms with van der Waals surface area (Å²) < 4.78 is 19.1. The molecule has 134 valence electrons. The lowest BCUT2D eigenvalue weighted by atomic mass is 10.1. The minimum atomic E-state index is -0.379. The predicted molar refractivity (Wildman–Crippen MR) is 100 cm³/mol. The van der Waals surface area contributed by atoms with Crippen molar-refractivity contribution in [3.05, 3.63) is 53.5 Å². The Kier molecular flexibility index (Phi) is 4.71. The van der Waals surface area contributed by atoms with Gasteiger partial charge in [-0.25, -0.2) is 9.37 Å². The average molecular weight is 371 g/mol. The molecular weight excluding hydrogens is 353 g/mol. The van der Waals surface area contributed by atoms with E-state index in [4.69, 9.17) is 4.42 Å². The Balaban J connectivity index is 1.56. The molecule has 1 aliphatic heterocycles. The first-order valence-electron chi connectivity index (χ1n) is 8.56. The number of halogens is 1. The number of benzene rings is 1. The number of rotatable bonds is 4. The molecule has 0 saturated carbocycles. The second-order valence-electron chi connectivity index (χ2n) is 6.18. The highest BCUT2D eigenvalue weighted by Gasteiger charge is 2.19. The molecule has 4 rings (SSSR count). The summed E-state index contributed by atoms with van der Waals surface area (Å²) in [5.41, 5.74) is 1.61. The fourth-order valence-corrected chi connectivity index (χ4v) is 3.86. The summed E-state index contributed by atoms with van der Waals surface area (Å²) in [6, 6.07) is 8.08. The normalized spacial score (nSPS) is 14.4. The molecule has 0 radical (unpaired) electrons. The number of carbonyl (C=O) groups is 1. The first-order valence-corrected chi connectivity index (χ1v) is 9.44. The first-order chi connectivity index (χ1) is 12.7. The van der Waals surface area contributed by atoms with Gasteiger partial charge in [-0.3, -0.25) is 4.79 Å². The van der Waals surface area contributed by atoms with Gasteiger partial charge >= 0.3 is 0 Å². The molecule has 0 atom stereocenters. The van der Waals surface area contributed by atoms with E-state index in [1.807, 2.05) is 0 Å². The molecule has 1 amide bonds. The van der Waals surface area contributed by atoms with Crippen molar-refractivity contribution in [3.63, 3.8) is 0 Å². The van der Waals surface area contributed by atoms with Crippen molar-refractivity contribution >= 4 is 28.6 Å². The third-order valence-electron chi connectivity index (χ3n) is 4.37. The van der Waals surface area contributed by atoms with Crippen LogP contribution in [-0.4, -0.2) is 24.0 Å². The largest absolute Gasteiger partial charge is 0.462 e. The highest BCUT2D eigenvalue weighted by Crippen LogP contribution is 2.30. The molecule has 1 aliphatic rings. The van der Waals surface area contributed by atoms with Crippen LogP contribution in [-0.2, 0) is 0 Å². The summed E-state index contributed by atoms with van der Waals surface area (Å²) in [7, 11) is 0. The summed E-state index contributed by atoms with van der Waals surface area (Å²) in [4.78, 5) is 19.1. The van der Waals surface area contributed by atoms with Crippen LogP contribution in [0.4, 0.5) is 15.8 Å². The number of amides is 1. The number of furan rings is 1. The number of carbonyl (C=O) groups excluding carboxylic acids is 1. The predicted octanol–water partition coefficient (Wildman–Crippen LogP) is 4.78. The number of nitrogens with zero attached hydrogens (tertiary/aromatic N) is 2. The fourth-order valence-electron chi connectivity index (χ4n) is 3.10. The number of aromatic nitrogens is 1. The van der Waals surface area contributed by atoms with E-state index < -0.39 is 0 Å². The maximum absolute atomic E-state index is 13.8. The Morgan fingerprint density at radius 1 is 1.23 bits per heavy atom. The molecule has 0 bridgehead atoms. The first kappa shape index (κ1) is 16.8. The van der Waals surface area contributed by atoms with Crippen molar-refractivity contribution < 1.29 is 13.6 Å². The van der Waals surface area contributed by atoms with Gasteiger partial charge in [0.2, 0.25) is 0 Å². The van der Waals surface area contributed by atoms with Crippen LogP contribution in [0.15, 0.2) is 46.4 Å². The van der Waals surface area contributed by atoms with Gasteiger partial charge in [-0.2, -0.15) is 0 Å². The van der Waals surface area contributed by atoms with Gasteiger partial charge in [-0.1, -0.05) is 0 Å². The summed E-state index contributed by atoms with van der Waals surface area (Å²) in [5, 5.41) is 5.13. The number of piperidine rings is 1. The van der Waals surface area contributed by atoms with Crippen LogP contribution in [0.2, 0.25) is 0 Å². The van der Waals surface area contributed by atoms with Crippen LogP contribution >= 0.6 is 11.3 Å². The third-order valence-corrected chi connectivity index (χ3v) is 5.23. The smallest absolute Gasteiger partial charge is 0.275 e. The molecule has 1 N–H and O–H groups in total. The van der Waals surface area contributed by atoms with Crippen LogP contribution in [0.5, 0.6) is 0 Å². The number of thiazole rings is 1. The van der Waals surface area contributed by atoms with Crippen LogP contribution in [0.1, 0.15) is 29.8 Å². The van der Waals surface area contributed by atoms with Crippen molar-refractivity contribution in [2.45, 2.75) is 19.3 Å². The van der Waals surface area contributed by atoms with Gasteiger partial charge < -0.3 is 14.6 Å². The molecule has 0 unspecified atom stereocenters. The minimum absolute atomic E-state index is 0.287. The second-order valence-corrected chi connectivity index (χ2v) is 7.04. The zero-order valence-corrected chi connectivity index (χ0v) is 14.9. The van der Waals surface area contributed by atoms with Gasteiger partial charge in [-0.05, 0) is 49.6 Å². The monoisotopic (exact) mass is 371 g/mol. The van der Waals surface area contributed by atoms with Gasteiger partial charge in [0.05, 0.1) is 17.6 Å². The van der Waals surface area contributed by atoms with Gasteiger partial charge in [0.1, 0.15) is 11.5 Å². The molecule has 2 aromatic heterocycles. The molecule has 7 heteroatoms. The lowest BCUT2D eigenvalue weighted by Crippen LogP contribution is -2.30. The molecule has 1 fully saturated rings. The molecule has 3 aromatic rings. The average Bonchev–Trinajstić information content (AvgIpc) is 3.34. The topological polar surface area (TPSA) is 58.4 Å². The van der Waals surface area contributed by atoms with E-state index >= 15 is 0 Å².